The summed E-state index contributed by atoms with van der Waals surface area (Å²) in [7, 11) is 0. The van der Waals surface area contributed by atoms with E-state index < -0.39 is 0 Å². The van der Waals surface area contributed by atoms with E-state index in [0.29, 0.717) is 37.3 Å². The highest BCUT2D eigenvalue weighted by Crippen LogP contribution is 2.28. The first-order valence-corrected chi connectivity index (χ1v) is 11.1. The molecule has 2 aromatic rings. The highest BCUT2D eigenvalue weighted by molar-refractivity contribution is 6.09. The zero-order valence-electron chi connectivity index (χ0n) is 18.6. The fourth-order valence-electron chi connectivity index (χ4n) is 4.29. The number of Topliss-reactive ketones (excluding diaryl/α,β-unsaturated/α-hetero) is 1. The van der Waals surface area contributed by atoms with Crippen molar-refractivity contribution in [1.82, 2.24) is 14.8 Å². The highest BCUT2D eigenvalue weighted by Gasteiger charge is 2.35. The number of hydrogen-bond donors (Lipinski definition) is 0. The van der Waals surface area contributed by atoms with Crippen LogP contribution in [-0.4, -0.2) is 64.7 Å². The molecule has 8 nitrogen and oxygen atoms in total. The van der Waals surface area contributed by atoms with Crippen molar-refractivity contribution in [2.45, 2.75) is 45.8 Å². The van der Waals surface area contributed by atoms with E-state index >= 15 is 0 Å². The molecule has 1 atom stereocenters. The van der Waals surface area contributed by atoms with Gasteiger partial charge in [0.1, 0.15) is 18.6 Å². The molecule has 0 aromatic carbocycles. The molecular formula is C24H29N3O5. The van der Waals surface area contributed by atoms with Gasteiger partial charge in [-0.1, -0.05) is 19.9 Å². The average Bonchev–Trinajstić information content (AvgIpc) is 3.15. The maximum Gasteiger partial charge on any atom is 0.258 e. The van der Waals surface area contributed by atoms with Crippen molar-refractivity contribution in [3.8, 4) is 0 Å². The van der Waals surface area contributed by atoms with Crippen molar-refractivity contribution in [2.24, 2.45) is 5.92 Å². The van der Waals surface area contributed by atoms with Crippen LogP contribution in [0.2, 0.25) is 0 Å². The Labute approximate surface area is 187 Å². The van der Waals surface area contributed by atoms with E-state index in [1.165, 1.54) is 11.2 Å². The number of rotatable bonds is 6. The zero-order valence-corrected chi connectivity index (χ0v) is 18.6. The molecule has 0 saturated carbocycles. The molecule has 8 heteroatoms. The van der Waals surface area contributed by atoms with Gasteiger partial charge in [0.2, 0.25) is 5.91 Å². The van der Waals surface area contributed by atoms with Gasteiger partial charge in [0.05, 0.1) is 29.5 Å². The van der Waals surface area contributed by atoms with Crippen LogP contribution in [0, 0.1) is 5.92 Å². The minimum absolute atomic E-state index is 0.0524. The molecule has 170 valence electrons. The Morgan fingerprint density at radius 2 is 2.09 bits per heavy atom. The number of aromatic nitrogens is 1. The van der Waals surface area contributed by atoms with Gasteiger partial charge < -0.3 is 19.0 Å². The minimum Gasteiger partial charge on any atom is -0.468 e. The number of ketones is 1. The first-order chi connectivity index (χ1) is 15.4. The van der Waals surface area contributed by atoms with Gasteiger partial charge in [-0.3, -0.25) is 19.4 Å². The second-order valence-electron chi connectivity index (χ2n) is 8.86. The minimum atomic E-state index is -0.371. The van der Waals surface area contributed by atoms with Gasteiger partial charge >= 0.3 is 0 Å². The Morgan fingerprint density at radius 1 is 1.25 bits per heavy atom. The molecule has 2 aliphatic rings. The Bertz CT molecular complexity index is 985. The second kappa shape index (κ2) is 9.65. The van der Waals surface area contributed by atoms with Gasteiger partial charge in [0.25, 0.3) is 5.91 Å². The Hall–Kier alpha value is -3.00. The van der Waals surface area contributed by atoms with Crippen molar-refractivity contribution < 1.29 is 23.5 Å². The number of nitrogens with zero attached hydrogens (tertiary/aromatic N) is 3. The van der Waals surface area contributed by atoms with E-state index in [9.17, 15) is 14.4 Å². The highest BCUT2D eigenvalue weighted by atomic mass is 16.5. The molecule has 0 spiro atoms. The average molecular weight is 440 g/mol. The van der Waals surface area contributed by atoms with Crippen LogP contribution in [-0.2, 0) is 22.6 Å². The van der Waals surface area contributed by atoms with E-state index in [2.05, 4.69) is 4.98 Å². The first-order valence-electron chi connectivity index (χ1n) is 11.1. The summed E-state index contributed by atoms with van der Waals surface area (Å²) in [4.78, 5) is 46.4. The zero-order chi connectivity index (χ0) is 22.7. The predicted octanol–water partition coefficient (Wildman–Crippen LogP) is 2.72. The lowest BCUT2D eigenvalue weighted by atomic mass is 9.93. The number of aryl methyl sites for hydroxylation is 1. The summed E-state index contributed by atoms with van der Waals surface area (Å²) >= 11 is 0. The number of fused-ring (bicyclic) bond motifs is 1. The number of pyridine rings is 1. The van der Waals surface area contributed by atoms with Crippen LogP contribution in [0.5, 0.6) is 0 Å². The van der Waals surface area contributed by atoms with E-state index in [-0.39, 0.29) is 54.9 Å². The quantitative estimate of drug-likeness (QED) is 0.687. The Kier molecular flexibility index (Phi) is 6.69. The first kappa shape index (κ1) is 22.2. The summed E-state index contributed by atoms with van der Waals surface area (Å²) in [6.45, 7) is 5.57. The van der Waals surface area contributed by atoms with Gasteiger partial charge in [-0.2, -0.15) is 0 Å². The molecule has 3 heterocycles. The van der Waals surface area contributed by atoms with Crippen LogP contribution in [0.15, 0.2) is 35.1 Å². The van der Waals surface area contributed by atoms with E-state index in [1.807, 2.05) is 32.0 Å². The molecule has 4 rings (SSSR count). The summed E-state index contributed by atoms with van der Waals surface area (Å²) in [5.74, 6) is 0.288. The summed E-state index contributed by atoms with van der Waals surface area (Å²) < 4.78 is 11.6. The molecular weight excluding hydrogens is 410 g/mol. The van der Waals surface area contributed by atoms with Crippen molar-refractivity contribution in [3.05, 3.63) is 53.2 Å². The number of carbonyl (C=O) groups excluding carboxylic acids is 3. The van der Waals surface area contributed by atoms with Gasteiger partial charge in [0.15, 0.2) is 5.78 Å². The number of carbonyl (C=O) groups is 3. The van der Waals surface area contributed by atoms with Crippen LogP contribution in [0.4, 0.5) is 0 Å². The molecule has 1 aliphatic heterocycles. The Balaban J connectivity index is 1.55. The molecule has 0 N–H and O–H groups in total. The number of ether oxygens (including phenoxy) is 1. The fourth-order valence-corrected chi connectivity index (χ4v) is 4.29. The van der Waals surface area contributed by atoms with Gasteiger partial charge in [-0.25, -0.2) is 0 Å². The lowest BCUT2D eigenvalue weighted by molar-refractivity contribution is -0.132. The van der Waals surface area contributed by atoms with E-state index in [1.54, 1.807) is 11.1 Å². The van der Waals surface area contributed by atoms with E-state index in [4.69, 9.17) is 9.15 Å². The SMILES string of the molecule is CC(C)CN1C[C@H](OCc2ccccn2)CN(C(=O)c2coc3c2C(=O)CCC3)CC1=O. The molecule has 2 amide bonds. The van der Waals surface area contributed by atoms with Crippen molar-refractivity contribution in [2.75, 3.05) is 26.2 Å². The molecule has 2 aromatic heterocycles. The third kappa shape index (κ3) is 4.91. The monoisotopic (exact) mass is 439 g/mol. The van der Waals surface area contributed by atoms with Crippen molar-refractivity contribution in [1.29, 1.82) is 0 Å². The maximum absolute atomic E-state index is 13.4. The van der Waals surface area contributed by atoms with Crippen molar-refractivity contribution in [3.63, 3.8) is 0 Å². The van der Waals surface area contributed by atoms with Gasteiger partial charge in [-0.05, 0) is 24.5 Å². The number of furan rings is 1. The topological polar surface area (TPSA) is 92.9 Å². The van der Waals surface area contributed by atoms with Crippen LogP contribution in [0.25, 0.3) is 0 Å². The summed E-state index contributed by atoms with van der Waals surface area (Å²) in [5, 5.41) is 0. The smallest absolute Gasteiger partial charge is 0.258 e. The molecule has 0 radical (unpaired) electrons. The summed E-state index contributed by atoms with van der Waals surface area (Å²) in [6.07, 6.45) is 4.47. The third-order valence-electron chi connectivity index (χ3n) is 5.78. The molecule has 0 bridgehead atoms. The van der Waals surface area contributed by atoms with E-state index in [0.717, 1.165) is 12.1 Å². The third-order valence-corrected chi connectivity index (χ3v) is 5.78. The molecule has 1 fully saturated rings. The summed E-state index contributed by atoms with van der Waals surface area (Å²) in [6, 6.07) is 5.60. The normalized spacial score (nSPS) is 19.3. The number of hydrogen-bond acceptors (Lipinski definition) is 6. The largest absolute Gasteiger partial charge is 0.468 e. The molecule has 1 aliphatic carbocycles. The lowest BCUT2D eigenvalue weighted by Gasteiger charge is -2.25. The Morgan fingerprint density at radius 3 is 2.84 bits per heavy atom. The molecule has 1 saturated heterocycles. The maximum atomic E-state index is 13.4. The van der Waals surface area contributed by atoms with Crippen LogP contribution in [0.1, 0.15) is 58.9 Å². The standard InChI is InChI=1S/C24H29N3O5/c1-16(2)10-26-11-18(31-14-17-6-3-4-9-25-17)12-27(13-22(26)29)24(30)19-15-32-21-8-5-7-20(28)23(19)21/h3-4,6,9,15-16,18H,5,7-8,10-14H2,1-2H3/t18-/m0/s1. The van der Waals surface area contributed by atoms with Crippen LogP contribution < -0.4 is 0 Å². The van der Waals surface area contributed by atoms with Crippen LogP contribution in [0.3, 0.4) is 0 Å². The lowest BCUT2D eigenvalue weighted by Crippen LogP contribution is -2.40. The van der Waals surface area contributed by atoms with Crippen molar-refractivity contribution >= 4 is 17.6 Å². The predicted molar refractivity (Wildman–Crippen MR) is 116 cm³/mol. The molecule has 0 unspecified atom stereocenters. The van der Waals surface area contributed by atoms with Crippen LogP contribution >= 0.6 is 0 Å². The number of amides is 2. The van der Waals surface area contributed by atoms with Gasteiger partial charge in [-0.15, -0.1) is 0 Å². The second-order valence-corrected chi connectivity index (χ2v) is 8.86. The summed E-state index contributed by atoms with van der Waals surface area (Å²) in [5.41, 5.74) is 1.41. The fraction of sp³-hybridized carbons (Fsp3) is 0.500. The van der Waals surface area contributed by atoms with Gasteiger partial charge in [0, 0.05) is 38.7 Å². The molecule has 32 heavy (non-hydrogen) atoms.